The van der Waals surface area contributed by atoms with Crippen LogP contribution in [0, 0.1) is 13.8 Å². The molecule has 0 aromatic heterocycles. The van der Waals surface area contributed by atoms with E-state index < -0.39 is 5.60 Å². The Morgan fingerprint density at radius 2 is 1.86 bits per heavy atom. The van der Waals surface area contributed by atoms with Crippen LogP contribution in [0.3, 0.4) is 0 Å². The lowest BCUT2D eigenvalue weighted by molar-refractivity contribution is -0.0223. The molecule has 0 N–H and O–H groups in total. The molecule has 1 aliphatic heterocycles. The summed E-state index contributed by atoms with van der Waals surface area (Å²) < 4.78 is 12.4. The van der Waals surface area contributed by atoms with E-state index in [1.807, 2.05) is 40.7 Å². The lowest BCUT2D eigenvalue weighted by atomic mass is 10.1. The minimum absolute atomic E-state index is 0.0387. The summed E-state index contributed by atoms with van der Waals surface area (Å²) >= 11 is 3.51. The summed E-state index contributed by atoms with van der Waals surface area (Å²) in [5, 5.41) is 0. The molecule has 1 aromatic carbocycles. The monoisotopic (exact) mass is 355 g/mol. The Bertz CT molecular complexity index is 545. The van der Waals surface area contributed by atoms with E-state index in [1.165, 1.54) is 0 Å². The zero-order valence-corrected chi connectivity index (χ0v) is 14.8. The van der Waals surface area contributed by atoms with Gasteiger partial charge in [0.15, 0.2) is 0 Å². The van der Waals surface area contributed by atoms with Crippen molar-refractivity contribution in [3.8, 4) is 5.75 Å². The quantitative estimate of drug-likeness (QED) is 0.802. The number of hydrogen-bond acceptors (Lipinski definition) is 3. The highest BCUT2D eigenvalue weighted by atomic mass is 79.9. The molecule has 0 unspecified atom stereocenters. The standard InChI is InChI=1S/C16H22BrNO3/c1-10-7-14(11(2)6-13(10)17)20-12-8-18(9-12)15(19)21-16(3,4)5/h6-7,12H,8-9H2,1-5H3. The third-order valence-electron chi connectivity index (χ3n) is 3.25. The third kappa shape index (κ3) is 4.13. The van der Waals surface area contributed by atoms with Crippen LogP contribution in [0.4, 0.5) is 4.79 Å². The van der Waals surface area contributed by atoms with Gasteiger partial charge in [-0.2, -0.15) is 0 Å². The second-order valence-electron chi connectivity index (χ2n) is 6.49. The zero-order valence-electron chi connectivity index (χ0n) is 13.2. The molecule has 1 fully saturated rings. The summed E-state index contributed by atoms with van der Waals surface area (Å²) in [7, 11) is 0. The van der Waals surface area contributed by atoms with E-state index in [4.69, 9.17) is 9.47 Å². The van der Waals surface area contributed by atoms with Gasteiger partial charge in [0.25, 0.3) is 0 Å². The minimum atomic E-state index is -0.456. The van der Waals surface area contributed by atoms with E-state index in [2.05, 4.69) is 22.0 Å². The number of halogens is 1. The highest BCUT2D eigenvalue weighted by Gasteiger charge is 2.35. The highest BCUT2D eigenvalue weighted by molar-refractivity contribution is 9.10. The molecule has 0 aliphatic carbocycles. The molecule has 0 atom stereocenters. The van der Waals surface area contributed by atoms with Crippen molar-refractivity contribution in [2.24, 2.45) is 0 Å². The number of nitrogens with zero attached hydrogens (tertiary/aromatic N) is 1. The molecule has 21 heavy (non-hydrogen) atoms. The van der Waals surface area contributed by atoms with E-state index in [9.17, 15) is 4.79 Å². The Labute approximate surface area is 134 Å². The van der Waals surface area contributed by atoms with Gasteiger partial charge in [0.05, 0.1) is 13.1 Å². The Morgan fingerprint density at radius 3 is 2.43 bits per heavy atom. The van der Waals surface area contributed by atoms with Crippen LogP contribution in [0.15, 0.2) is 16.6 Å². The summed E-state index contributed by atoms with van der Waals surface area (Å²) in [6, 6.07) is 4.07. The molecule has 1 amide bonds. The zero-order chi connectivity index (χ0) is 15.8. The molecular weight excluding hydrogens is 334 g/mol. The first-order valence-electron chi connectivity index (χ1n) is 7.07. The van der Waals surface area contributed by atoms with Gasteiger partial charge in [-0.1, -0.05) is 15.9 Å². The van der Waals surface area contributed by atoms with Gasteiger partial charge in [0.2, 0.25) is 0 Å². The summed E-state index contributed by atoms with van der Waals surface area (Å²) in [6.45, 7) is 10.8. The van der Waals surface area contributed by atoms with Gasteiger partial charge >= 0.3 is 6.09 Å². The molecule has 5 heteroatoms. The molecule has 1 aromatic rings. The minimum Gasteiger partial charge on any atom is -0.486 e. The predicted molar refractivity (Wildman–Crippen MR) is 85.8 cm³/mol. The Kier molecular flexibility index (Phi) is 4.51. The van der Waals surface area contributed by atoms with Gasteiger partial charge in [0.1, 0.15) is 17.5 Å². The lowest BCUT2D eigenvalue weighted by Crippen LogP contribution is -2.57. The van der Waals surface area contributed by atoms with Gasteiger partial charge in [-0.3, -0.25) is 0 Å². The summed E-state index contributed by atoms with van der Waals surface area (Å²) in [5.41, 5.74) is 1.77. The van der Waals surface area contributed by atoms with Crippen molar-refractivity contribution in [2.75, 3.05) is 13.1 Å². The Morgan fingerprint density at radius 1 is 1.24 bits per heavy atom. The van der Waals surface area contributed by atoms with E-state index in [1.54, 1.807) is 4.90 Å². The number of rotatable bonds is 2. The molecule has 0 bridgehead atoms. The summed E-state index contributed by atoms with van der Waals surface area (Å²) in [6.07, 6.45) is -0.233. The van der Waals surface area contributed by atoms with Crippen LogP contribution >= 0.6 is 15.9 Å². The maximum atomic E-state index is 11.8. The smallest absolute Gasteiger partial charge is 0.410 e. The molecule has 0 radical (unpaired) electrons. The number of likely N-dealkylation sites (tertiary alicyclic amines) is 1. The lowest BCUT2D eigenvalue weighted by Gasteiger charge is -2.39. The molecule has 1 aliphatic rings. The van der Waals surface area contributed by atoms with Crippen molar-refractivity contribution in [2.45, 2.75) is 46.3 Å². The molecule has 4 nitrogen and oxygen atoms in total. The fraction of sp³-hybridized carbons (Fsp3) is 0.562. The van der Waals surface area contributed by atoms with Crippen molar-refractivity contribution in [1.29, 1.82) is 0 Å². The van der Waals surface area contributed by atoms with Crippen LogP contribution in [0.25, 0.3) is 0 Å². The van der Waals surface area contributed by atoms with Crippen LogP contribution in [0.5, 0.6) is 5.75 Å². The third-order valence-corrected chi connectivity index (χ3v) is 4.10. The second kappa shape index (κ2) is 5.87. The fourth-order valence-corrected chi connectivity index (χ4v) is 2.51. The number of amides is 1. The average Bonchev–Trinajstić information content (AvgIpc) is 2.26. The predicted octanol–water partition coefficient (Wildman–Crippen LogP) is 4.06. The van der Waals surface area contributed by atoms with Gasteiger partial charge in [-0.15, -0.1) is 0 Å². The molecule has 0 saturated carbocycles. The van der Waals surface area contributed by atoms with Gasteiger partial charge in [-0.25, -0.2) is 4.79 Å². The summed E-state index contributed by atoms with van der Waals surface area (Å²) in [4.78, 5) is 13.5. The van der Waals surface area contributed by atoms with E-state index in [0.717, 1.165) is 21.3 Å². The number of carbonyl (C=O) groups excluding carboxylic acids is 1. The van der Waals surface area contributed by atoms with Gasteiger partial charge < -0.3 is 14.4 Å². The molecule has 116 valence electrons. The number of aryl methyl sites for hydroxylation is 2. The molecule has 1 heterocycles. The highest BCUT2D eigenvalue weighted by Crippen LogP contribution is 2.28. The van der Waals surface area contributed by atoms with Crippen molar-refractivity contribution in [1.82, 2.24) is 4.90 Å². The number of ether oxygens (including phenoxy) is 2. The van der Waals surface area contributed by atoms with Crippen molar-refractivity contribution >= 4 is 22.0 Å². The van der Waals surface area contributed by atoms with E-state index in [0.29, 0.717) is 13.1 Å². The fourth-order valence-electron chi connectivity index (χ4n) is 2.05. The molecule has 1 saturated heterocycles. The van der Waals surface area contributed by atoms with Crippen LogP contribution in [0.1, 0.15) is 31.9 Å². The number of hydrogen-bond donors (Lipinski definition) is 0. The summed E-state index contributed by atoms with van der Waals surface area (Å²) in [5.74, 6) is 0.879. The second-order valence-corrected chi connectivity index (χ2v) is 7.35. The first-order valence-corrected chi connectivity index (χ1v) is 7.86. The first kappa shape index (κ1) is 16.1. The van der Waals surface area contributed by atoms with Crippen molar-refractivity contribution < 1.29 is 14.3 Å². The van der Waals surface area contributed by atoms with Crippen LogP contribution in [0.2, 0.25) is 0 Å². The maximum Gasteiger partial charge on any atom is 0.410 e. The van der Waals surface area contributed by atoms with Gasteiger partial charge in [0, 0.05) is 4.47 Å². The van der Waals surface area contributed by atoms with E-state index >= 15 is 0 Å². The maximum absolute atomic E-state index is 11.8. The number of benzene rings is 1. The normalized spacial score (nSPS) is 15.6. The Balaban J connectivity index is 1.89. The largest absolute Gasteiger partial charge is 0.486 e. The first-order chi connectivity index (χ1) is 9.65. The van der Waals surface area contributed by atoms with Crippen molar-refractivity contribution in [3.05, 3.63) is 27.7 Å². The SMILES string of the molecule is Cc1cc(OC2CN(C(=O)OC(C)(C)C)C2)c(C)cc1Br. The number of carbonyl (C=O) groups is 1. The van der Waals surface area contributed by atoms with Crippen molar-refractivity contribution in [3.63, 3.8) is 0 Å². The Hall–Kier alpha value is -1.23. The van der Waals surface area contributed by atoms with Crippen LogP contribution in [-0.4, -0.2) is 35.8 Å². The van der Waals surface area contributed by atoms with Gasteiger partial charge in [-0.05, 0) is 57.9 Å². The molecular formula is C16H22BrNO3. The average molecular weight is 356 g/mol. The molecule has 0 spiro atoms. The van der Waals surface area contributed by atoms with E-state index in [-0.39, 0.29) is 12.2 Å². The van der Waals surface area contributed by atoms with Crippen LogP contribution < -0.4 is 4.74 Å². The topological polar surface area (TPSA) is 38.8 Å². The molecule has 2 rings (SSSR count). The van der Waals surface area contributed by atoms with Crippen LogP contribution in [-0.2, 0) is 4.74 Å².